The summed E-state index contributed by atoms with van der Waals surface area (Å²) in [5.74, 6) is 0.416. The Kier molecular flexibility index (Phi) is 5.32. The molecule has 26 heavy (non-hydrogen) atoms. The smallest absolute Gasteiger partial charge is 0.317 e. The van der Waals surface area contributed by atoms with Crippen LogP contribution in [0.2, 0.25) is 0 Å². The molecular formula is C19H20FN5O. The van der Waals surface area contributed by atoms with Gasteiger partial charge in [-0.05, 0) is 36.2 Å². The van der Waals surface area contributed by atoms with Gasteiger partial charge in [0.2, 0.25) is 0 Å². The highest BCUT2D eigenvalue weighted by atomic mass is 19.1. The number of rotatable bonds is 3. The van der Waals surface area contributed by atoms with E-state index >= 15 is 0 Å². The maximum Gasteiger partial charge on any atom is 0.317 e. The molecule has 3 rings (SSSR count). The van der Waals surface area contributed by atoms with Gasteiger partial charge in [-0.1, -0.05) is 12.1 Å². The summed E-state index contributed by atoms with van der Waals surface area (Å²) in [5, 5.41) is 12.1. The second-order valence-corrected chi connectivity index (χ2v) is 6.20. The molecule has 0 atom stereocenters. The van der Waals surface area contributed by atoms with Crippen molar-refractivity contribution in [1.82, 2.24) is 15.2 Å². The second kappa shape index (κ2) is 7.83. The van der Waals surface area contributed by atoms with Crippen molar-refractivity contribution in [2.45, 2.75) is 13.5 Å². The van der Waals surface area contributed by atoms with E-state index in [1.54, 1.807) is 42.3 Å². The maximum atomic E-state index is 13.3. The number of benzene rings is 1. The lowest BCUT2D eigenvalue weighted by Crippen LogP contribution is -2.52. The summed E-state index contributed by atoms with van der Waals surface area (Å²) < 4.78 is 13.3. The monoisotopic (exact) mass is 353 g/mol. The van der Waals surface area contributed by atoms with Gasteiger partial charge in [0.15, 0.2) is 0 Å². The van der Waals surface area contributed by atoms with E-state index in [1.165, 1.54) is 6.07 Å². The largest absolute Gasteiger partial charge is 0.352 e. The molecule has 0 aliphatic carbocycles. The van der Waals surface area contributed by atoms with Crippen LogP contribution in [0.15, 0.2) is 36.5 Å². The molecule has 0 saturated carbocycles. The minimum absolute atomic E-state index is 0.145. The number of carbonyl (C=O) groups is 1. The van der Waals surface area contributed by atoms with Crippen molar-refractivity contribution in [2.24, 2.45) is 0 Å². The van der Waals surface area contributed by atoms with E-state index in [4.69, 9.17) is 0 Å². The lowest BCUT2D eigenvalue weighted by molar-refractivity contribution is 0.194. The number of nitrogens with zero attached hydrogens (tertiary/aromatic N) is 4. The van der Waals surface area contributed by atoms with Gasteiger partial charge in [-0.2, -0.15) is 5.26 Å². The molecule has 1 aromatic carbocycles. The summed E-state index contributed by atoms with van der Waals surface area (Å²) >= 11 is 0. The van der Waals surface area contributed by atoms with E-state index in [2.05, 4.69) is 16.4 Å². The van der Waals surface area contributed by atoms with Crippen LogP contribution in [-0.4, -0.2) is 42.1 Å². The van der Waals surface area contributed by atoms with Gasteiger partial charge < -0.3 is 15.1 Å². The molecule has 6 nitrogen and oxygen atoms in total. The molecule has 134 valence electrons. The zero-order chi connectivity index (χ0) is 18.5. The van der Waals surface area contributed by atoms with Gasteiger partial charge in [-0.15, -0.1) is 0 Å². The summed E-state index contributed by atoms with van der Waals surface area (Å²) in [6.45, 7) is 4.40. The molecule has 1 N–H and O–H groups in total. The molecule has 0 bridgehead atoms. The number of amides is 2. The van der Waals surface area contributed by atoms with Crippen LogP contribution in [0.4, 0.5) is 15.0 Å². The number of nitrogens with one attached hydrogen (secondary N) is 1. The number of urea groups is 1. The molecule has 0 unspecified atom stereocenters. The Morgan fingerprint density at radius 1 is 1.31 bits per heavy atom. The number of halogens is 1. The molecule has 1 aliphatic rings. The van der Waals surface area contributed by atoms with Gasteiger partial charge >= 0.3 is 6.03 Å². The molecule has 1 fully saturated rings. The van der Waals surface area contributed by atoms with Crippen LogP contribution in [0.3, 0.4) is 0 Å². The number of aromatic nitrogens is 1. The highest BCUT2D eigenvalue weighted by Crippen LogP contribution is 2.18. The molecule has 2 aromatic rings. The zero-order valence-electron chi connectivity index (χ0n) is 14.6. The summed E-state index contributed by atoms with van der Waals surface area (Å²) in [6.07, 6.45) is 1.67. The summed E-state index contributed by atoms with van der Waals surface area (Å²) in [5.41, 5.74) is 1.97. The molecule has 2 amide bonds. The van der Waals surface area contributed by atoms with Gasteiger partial charge in [-0.25, -0.2) is 14.2 Å². The van der Waals surface area contributed by atoms with Crippen molar-refractivity contribution in [3.05, 3.63) is 59.0 Å². The Hall–Kier alpha value is -3.14. The zero-order valence-corrected chi connectivity index (χ0v) is 14.6. The lowest BCUT2D eigenvalue weighted by atomic mass is 10.1. The van der Waals surface area contributed by atoms with E-state index in [-0.39, 0.29) is 11.8 Å². The SMILES string of the molecule is Cc1cc(CNC(=O)N2CCN(c3ncccc3C#N)CC2)ccc1F. The molecule has 1 aromatic heterocycles. The van der Waals surface area contributed by atoms with E-state index in [0.29, 0.717) is 49.7 Å². The maximum absolute atomic E-state index is 13.3. The molecule has 0 radical (unpaired) electrons. The second-order valence-electron chi connectivity index (χ2n) is 6.20. The van der Waals surface area contributed by atoms with Crippen molar-refractivity contribution in [3.63, 3.8) is 0 Å². The minimum Gasteiger partial charge on any atom is -0.352 e. The highest BCUT2D eigenvalue weighted by molar-refractivity contribution is 5.74. The van der Waals surface area contributed by atoms with Crippen molar-refractivity contribution < 1.29 is 9.18 Å². The molecule has 1 aliphatic heterocycles. The fourth-order valence-corrected chi connectivity index (χ4v) is 2.96. The molecular weight excluding hydrogens is 333 g/mol. The number of pyridine rings is 1. The molecule has 7 heteroatoms. The minimum atomic E-state index is -0.248. The first-order valence-corrected chi connectivity index (χ1v) is 8.46. The van der Waals surface area contributed by atoms with Gasteiger partial charge in [0.25, 0.3) is 0 Å². The Labute approximate surface area is 151 Å². The fraction of sp³-hybridized carbons (Fsp3) is 0.316. The van der Waals surface area contributed by atoms with Crippen LogP contribution < -0.4 is 10.2 Å². The van der Waals surface area contributed by atoms with E-state index < -0.39 is 0 Å². The van der Waals surface area contributed by atoms with Crippen molar-refractivity contribution in [2.75, 3.05) is 31.1 Å². The predicted octanol–water partition coefficient (Wildman–Crippen LogP) is 2.43. The quantitative estimate of drug-likeness (QED) is 0.920. The number of nitriles is 1. The van der Waals surface area contributed by atoms with E-state index in [9.17, 15) is 14.4 Å². The van der Waals surface area contributed by atoms with Gasteiger partial charge in [0.05, 0.1) is 5.56 Å². The van der Waals surface area contributed by atoms with Crippen molar-refractivity contribution in [3.8, 4) is 6.07 Å². The normalized spacial score (nSPS) is 14.0. The predicted molar refractivity (Wildman–Crippen MR) is 96.1 cm³/mol. The molecule has 0 spiro atoms. The summed E-state index contributed by atoms with van der Waals surface area (Å²) in [6, 6.07) is 10.3. The van der Waals surface area contributed by atoms with Gasteiger partial charge in [-0.3, -0.25) is 0 Å². The first-order chi connectivity index (χ1) is 12.6. The van der Waals surface area contributed by atoms with Crippen LogP contribution in [-0.2, 0) is 6.54 Å². The van der Waals surface area contributed by atoms with Gasteiger partial charge in [0, 0.05) is 38.9 Å². The van der Waals surface area contributed by atoms with Crippen LogP contribution >= 0.6 is 0 Å². The van der Waals surface area contributed by atoms with Crippen molar-refractivity contribution >= 4 is 11.8 Å². The number of piperazine rings is 1. The fourth-order valence-electron chi connectivity index (χ4n) is 2.96. The third kappa shape index (κ3) is 3.91. The Balaban J connectivity index is 1.53. The van der Waals surface area contributed by atoms with E-state index in [0.717, 1.165) is 5.56 Å². The number of anilines is 1. The van der Waals surface area contributed by atoms with Crippen LogP contribution in [0.1, 0.15) is 16.7 Å². The standard InChI is InChI=1S/C19H20FN5O/c1-14-11-15(4-5-17(14)20)13-23-19(26)25-9-7-24(8-10-25)18-16(12-21)3-2-6-22-18/h2-6,11H,7-10,13H2,1H3,(H,23,26). The van der Waals surface area contributed by atoms with Crippen LogP contribution in [0, 0.1) is 24.1 Å². The van der Waals surface area contributed by atoms with Crippen molar-refractivity contribution in [1.29, 1.82) is 5.26 Å². The molecule has 1 saturated heterocycles. The lowest BCUT2D eigenvalue weighted by Gasteiger charge is -2.35. The Bertz CT molecular complexity index is 840. The van der Waals surface area contributed by atoms with Crippen LogP contribution in [0.25, 0.3) is 0 Å². The van der Waals surface area contributed by atoms with E-state index in [1.807, 2.05) is 4.90 Å². The average Bonchev–Trinajstić information content (AvgIpc) is 2.68. The number of carbonyl (C=O) groups excluding carboxylic acids is 1. The summed E-state index contributed by atoms with van der Waals surface area (Å²) in [7, 11) is 0. The Morgan fingerprint density at radius 3 is 2.77 bits per heavy atom. The summed E-state index contributed by atoms with van der Waals surface area (Å²) in [4.78, 5) is 20.4. The number of aryl methyl sites for hydroxylation is 1. The molecule has 2 heterocycles. The first kappa shape index (κ1) is 17.7. The average molecular weight is 353 g/mol. The number of hydrogen-bond donors (Lipinski definition) is 1. The van der Waals surface area contributed by atoms with Crippen LogP contribution in [0.5, 0.6) is 0 Å². The third-order valence-corrected chi connectivity index (χ3v) is 4.44. The van der Waals surface area contributed by atoms with Gasteiger partial charge in [0.1, 0.15) is 17.7 Å². The highest BCUT2D eigenvalue weighted by Gasteiger charge is 2.23. The topological polar surface area (TPSA) is 72.3 Å². The first-order valence-electron chi connectivity index (χ1n) is 8.46. The third-order valence-electron chi connectivity index (χ3n) is 4.44. The number of hydrogen-bond acceptors (Lipinski definition) is 4. The Morgan fingerprint density at radius 2 is 2.08 bits per heavy atom.